The highest BCUT2D eigenvalue weighted by Crippen LogP contribution is 2.24. The van der Waals surface area contributed by atoms with Crippen LogP contribution < -0.4 is 11.1 Å². The Morgan fingerprint density at radius 2 is 1.79 bits per heavy atom. The van der Waals surface area contributed by atoms with Crippen molar-refractivity contribution in [2.45, 2.75) is 13.1 Å². The maximum Gasteiger partial charge on any atom is 0.312 e. The smallest absolute Gasteiger partial charge is 0.312 e. The summed E-state index contributed by atoms with van der Waals surface area (Å²) in [6, 6.07) is 16.7. The van der Waals surface area contributed by atoms with Crippen LogP contribution in [0.3, 0.4) is 0 Å². The van der Waals surface area contributed by atoms with Gasteiger partial charge in [0.15, 0.2) is 0 Å². The monoisotopic (exact) mass is 411 g/mol. The molecule has 0 radical (unpaired) electrons. The average molecular weight is 412 g/mol. The fourth-order valence-corrected chi connectivity index (χ4v) is 3.14. The van der Waals surface area contributed by atoms with Crippen LogP contribution in [0, 0.1) is 0 Å². The van der Waals surface area contributed by atoms with Gasteiger partial charge in [-0.2, -0.15) is 5.10 Å². The summed E-state index contributed by atoms with van der Waals surface area (Å²) in [5.74, 6) is -0.248. The number of carbonyl (C=O) groups excluding carboxylic acids is 2. The van der Waals surface area contributed by atoms with Crippen molar-refractivity contribution in [1.82, 2.24) is 20.0 Å². The van der Waals surface area contributed by atoms with Gasteiger partial charge in [-0.1, -0.05) is 60.1 Å². The number of likely N-dealkylation sites (N-methyl/N-ethyl adjacent to an activating group) is 1. The first-order valence-electron chi connectivity index (χ1n) is 9.06. The Balaban J connectivity index is 1.86. The van der Waals surface area contributed by atoms with E-state index in [1.165, 1.54) is 4.90 Å². The molecular formula is C21H22ClN5O2. The minimum absolute atomic E-state index is 0.153. The quantitative estimate of drug-likeness (QED) is 0.626. The highest BCUT2D eigenvalue weighted by atomic mass is 35.5. The molecule has 29 heavy (non-hydrogen) atoms. The third-order valence-corrected chi connectivity index (χ3v) is 4.79. The Hall–Kier alpha value is -3.32. The van der Waals surface area contributed by atoms with E-state index in [-0.39, 0.29) is 12.5 Å². The van der Waals surface area contributed by atoms with Gasteiger partial charge in [0, 0.05) is 35.9 Å². The van der Waals surface area contributed by atoms with Crippen LogP contribution in [-0.4, -0.2) is 40.2 Å². The van der Waals surface area contributed by atoms with E-state index >= 15 is 0 Å². The van der Waals surface area contributed by atoms with Crippen molar-refractivity contribution in [1.29, 1.82) is 0 Å². The molecule has 0 spiro atoms. The lowest BCUT2D eigenvalue weighted by Gasteiger charge is -2.17. The largest absolute Gasteiger partial charge is 0.352 e. The molecule has 1 heterocycles. The molecule has 3 rings (SSSR count). The van der Waals surface area contributed by atoms with Crippen LogP contribution >= 0.6 is 11.6 Å². The minimum atomic E-state index is -0.732. The van der Waals surface area contributed by atoms with E-state index in [0.717, 1.165) is 22.4 Å². The van der Waals surface area contributed by atoms with Crippen molar-refractivity contribution in [2.75, 3.05) is 13.6 Å². The van der Waals surface area contributed by atoms with Gasteiger partial charge in [-0.3, -0.25) is 9.48 Å². The van der Waals surface area contributed by atoms with E-state index < -0.39 is 6.03 Å². The zero-order valence-electron chi connectivity index (χ0n) is 16.0. The first kappa shape index (κ1) is 20.4. The number of carbonyl (C=O) groups is 2. The van der Waals surface area contributed by atoms with Crippen molar-refractivity contribution in [2.24, 2.45) is 5.73 Å². The summed E-state index contributed by atoms with van der Waals surface area (Å²) in [5, 5.41) is 7.72. The Kier molecular flexibility index (Phi) is 6.51. The number of nitrogens with zero attached hydrogens (tertiary/aromatic N) is 3. The minimum Gasteiger partial charge on any atom is -0.352 e. The fraction of sp³-hybridized carbons (Fsp3) is 0.190. The summed E-state index contributed by atoms with van der Waals surface area (Å²) in [6.45, 7) is 0.701. The van der Waals surface area contributed by atoms with Crippen molar-refractivity contribution in [3.63, 3.8) is 0 Å². The van der Waals surface area contributed by atoms with Crippen LogP contribution in [0.2, 0.25) is 5.02 Å². The lowest BCUT2D eigenvalue weighted by atomic mass is 10.1. The topological polar surface area (TPSA) is 93.2 Å². The maximum atomic E-state index is 12.3. The number of rotatable bonds is 7. The SMILES string of the molecule is CN(Cc1cn(Cc2ccccc2Cl)nc1-c1ccccc1)C(=O)CNC(N)=O. The van der Waals surface area contributed by atoms with Gasteiger partial charge in [-0.05, 0) is 11.6 Å². The van der Waals surface area contributed by atoms with Gasteiger partial charge in [-0.25, -0.2) is 4.79 Å². The highest BCUT2D eigenvalue weighted by Gasteiger charge is 2.17. The van der Waals surface area contributed by atoms with Gasteiger partial charge in [0.25, 0.3) is 0 Å². The van der Waals surface area contributed by atoms with Gasteiger partial charge in [0.1, 0.15) is 0 Å². The van der Waals surface area contributed by atoms with Crippen LogP contribution in [0.4, 0.5) is 4.79 Å². The maximum absolute atomic E-state index is 12.3. The van der Waals surface area contributed by atoms with Gasteiger partial charge >= 0.3 is 6.03 Å². The van der Waals surface area contributed by atoms with Crippen molar-refractivity contribution in [3.8, 4) is 11.3 Å². The van der Waals surface area contributed by atoms with Gasteiger partial charge in [-0.15, -0.1) is 0 Å². The Bertz CT molecular complexity index is 1000. The number of benzene rings is 2. The third kappa shape index (κ3) is 5.36. The number of nitrogens with two attached hydrogens (primary N) is 1. The normalized spacial score (nSPS) is 10.6. The van der Waals surface area contributed by atoms with Crippen LogP contribution in [0.15, 0.2) is 60.8 Å². The summed E-state index contributed by atoms with van der Waals surface area (Å²) >= 11 is 6.29. The average Bonchev–Trinajstić information content (AvgIpc) is 3.10. The van der Waals surface area contributed by atoms with Crippen LogP contribution in [0.25, 0.3) is 11.3 Å². The van der Waals surface area contributed by atoms with E-state index in [2.05, 4.69) is 5.32 Å². The second kappa shape index (κ2) is 9.25. The number of aromatic nitrogens is 2. The van der Waals surface area contributed by atoms with E-state index in [9.17, 15) is 9.59 Å². The van der Waals surface area contributed by atoms with E-state index in [1.54, 1.807) is 7.05 Å². The van der Waals surface area contributed by atoms with E-state index in [1.807, 2.05) is 65.5 Å². The molecule has 0 aliphatic carbocycles. The molecule has 0 aliphatic heterocycles. The summed E-state index contributed by atoms with van der Waals surface area (Å²) in [4.78, 5) is 24.6. The first-order valence-corrected chi connectivity index (χ1v) is 9.44. The van der Waals surface area contributed by atoms with E-state index in [0.29, 0.717) is 18.1 Å². The highest BCUT2D eigenvalue weighted by molar-refractivity contribution is 6.31. The molecule has 7 nitrogen and oxygen atoms in total. The molecule has 3 aromatic rings. The van der Waals surface area contributed by atoms with Crippen LogP contribution in [0.5, 0.6) is 0 Å². The lowest BCUT2D eigenvalue weighted by molar-refractivity contribution is -0.129. The van der Waals surface area contributed by atoms with Gasteiger partial charge in [0.05, 0.1) is 18.8 Å². The molecule has 2 aromatic carbocycles. The molecule has 1 aromatic heterocycles. The number of hydrogen-bond donors (Lipinski definition) is 2. The molecule has 3 N–H and O–H groups in total. The standard InChI is InChI=1S/C21H22ClN5O2/c1-26(19(28)11-24-21(23)29)12-17-14-27(13-16-9-5-6-10-18(16)22)25-20(17)15-7-3-2-4-8-15/h2-10,14H,11-13H2,1H3,(H3,23,24,29). The lowest BCUT2D eigenvalue weighted by Crippen LogP contribution is -2.40. The number of nitrogens with one attached hydrogen (secondary N) is 1. The summed E-state index contributed by atoms with van der Waals surface area (Å²) < 4.78 is 1.82. The summed E-state index contributed by atoms with van der Waals surface area (Å²) in [6.07, 6.45) is 1.91. The number of halogens is 1. The zero-order valence-corrected chi connectivity index (χ0v) is 16.8. The molecule has 0 atom stereocenters. The predicted octanol–water partition coefficient (Wildman–Crippen LogP) is 2.88. The Labute approximate surface area is 174 Å². The summed E-state index contributed by atoms with van der Waals surface area (Å²) in [7, 11) is 1.67. The van der Waals surface area contributed by atoms with Crippen LogP contribution in [-0.2, 0) is 17.9 Å². The zero-order chi connectivity index (χ0) is 20.8. The number of primary amides is 1. The molecule has 0 unspecified atom stereocenters. The number of urea groups is 1. The molecule has 0 fully saturated rings. The number of hydrogen-bond acceptors (Lipinski definition) is 3. The molecule has 0 saturated heterocycles. The van der Waals surface area contributed by atoms with Gasteiger partial charge in [0.2, 0.25) is 5.91 Å². The van der Waals surface area contributed by atoms with Crippen molar-refractivity contribution in [3.05, 3.63) is 76.9 Å². The second-order valence-corrected chi connectivity index (χ2v) is 7.03. The molecule has 0 saturated carbocycles. The number of amides is 3. The molecule has 3 amide bonds. The molecule has 8 heteroatoms. The van der Waals surface area contributed by atoms with Crippen molar-refractivity contribution < 1.29 is 9.59 Å². The Morgan fingerprint density at radius 1 is 1.10 bits per heavy atom. The fourth-order valence-electron chi connectivity index (χ4n) is 2.94. The molecule has 0 aliphatic rings. The predicted molar refractivity (Wildman–Crippen MR) is 112 cm³/mol. The van der Waals surface area contributed by atoms with Crippen molar-refractivity contribution >= 4 is 23.5 Å². The molecule has 150 valence electrons. The summed E-state index contributed by atoms with van der Waals surface area (Å²) in [5.41, 5.74) is 8.63. The Morgan fingerprint density at radius 3 is 2.48 bits per heavy atom. The van der Waals surface area contributed by atoms with Crippen LogP contribution in [0.1, 0.15) is 11.1 Å². The molecule has 0 bridgehead atoms. The second-order valence-electron chi connectivity index (χ2n) is 6.63. The third-order valence-electron chi connectivity index (χ3n) is 4.42. The van der Waals surface area contributed by atoms with E-state index in [4.69, 9.17) is 22.4 Å². The molecular weight excluding hydrogens is 390 g/mol. The first-order chi connectivity index (χ1) is 13.9. The van der Waals surface area contributed by atoms with Gasteiger partial charge < -0.3 is 16.0 Å².